The first-order valence-corrected chi connectivity index (χ1v) is 6.16. The smallest absolute Gasteiger partial charge is 0.221 e. The van der Waals surface area contributed by atoms with Gasteiger partial charge in [0.15, 0.2) is 17.4 Å². The van der Waals surface area contributed by atoms with E-state index in [2.05, 4.69) is 5.32 Å². The van der Waals surface area contributed by atoms with E-state index < -0.39 is 23.0 Å². The second-order valence-electron chi connectivity index (χ2n) is 4.79. The van der Waals surface area contributed by atoms with Crippen LogP contribution in [0.15, 0.2) is 18.2 Å². The maximum Gasteiger partial charge on any atom is 0.221 e. The number of Topliss-reactive ketones (excluding diaryl/α,β-unsaturated/α-hetero) is 1. The van der Waals surface area contributed by atoms with Crippen LogP contribution in [0.4, 0.5) is 8.78 Å². The normalized spacial score (nSPS) is 15.2. The van der Waals surface area contributed by atoms with E-state index >= 15 is 0 Å². The average Bonchev–Trinajstić information content (AvgIpc) is 3.19. The molecule has 1 aliphatic rings. The number of rotatable bonds is 5. The Morgan fingerprint density at radius 2 is 1.95 bits per heavy atom. The molecule has 0 aliphatic heterocycles. The van der Waals surface area contributed by atoms with E-state index in [-0.39, 0.29) is 24.3 Å². The molecule has 0 heterocycles. The highest BCUT2D eigenvalue weighted by Gasteiger charge is 2.44. The molecule has 0 atom stereocenters. The largest absolute Gasteiger partial charge is 0.338 e. The van der Waals surface area contributed by atoms with E-state index in [1.54, 1.807) is 0 Å². The maximum atomic E-state index is 13.0. The lowest BCUT2D eigenvalue weighted by molar-refractivity contribution is -0.121. The minimum Gasteiger partial charge on any atom is -0.338 e. The van der Waals surface area contributed by atoms with Crippen LogP contribution < -0.4 is 5.32 Å². The van der Waals surface area contributed by atoms with Gasteiger partial charge in [0.1, 0.15) is 5.54 Å². The van der Waals surface area contributed by atoms with Gasteiger partial charge in [-0.25, -0.2) is 8.78 Å². The molecule has 4 nitrogen and oxygen atoms in total. The van der Waals surface area contributed by atoms with Crippen LogP contribution in [0.25, 0.3) is 0 Å². The molecule has 0 radical (unpaired) electrons. The van der Waals surface area contributed by atoms with Gasteiger partial charge in [-0.2, -0.15) is 5.26 Å². The zero-order chi connectivity index (χ0) is 14.8. The van der Waals surface area contributed by atoms with Crippen LogP contribution in [0, 0.1) is 23.0 Å². The van der Waals surface area contributed by atoms with Crippen molar-refractivity contribution in [2.75, 3.05) is 0 Å². The molecule has 1 aromatic rings. The van der Waals surface area contributed by atoms with Gasteiger partial charge in [0.25, 0.3) is 0 Å². The molecule has 2 rings (SSSR count). The van der Waals surface area contributed by atoms with Gasteiger partial charge in [0, 0.05) is 18.4 Å². The summed E-state index contributed by atoms with van der Waals surface area (Å²) < 4.78 is 25.7. The van der Waals surface area contributed by atoms with Crippen molar-refractivity contribution >= 4 is 11.7 Å². The maximum absolute atomic E-state index is 13.0. The van der Waals surface area contributed by atoms with Gasteiger partial charge in [0.2, 0.25) is 5.91 Å². The molecule has 1 amide bonds. The Bertz CT molecular complexity index is 604. The van der Waals surface area contributed by atoms with Gasteiger partial charge in [0.05, 0.1) is 6.07 Å². The van der Waals surface area contributed by atoms with Crippen molar-refractivity contribution < 1.29 is 18.4 Å². The molecule has 1 aliphatic carbocycles. The summed E-state index contributed by atoms with van der Waals surface area (Å²) in [6.45, 7) is 0. The third kappa shape index (κ3) is 3.18. The van der Waals surface area contributed by atoms with E-state index in [1.165, 1.54) is 6.07 Å². The summed E-state index contributed by atoms with van der Waals surface area (Å²) in [5.41, 5.74) is -0.736. The molecule has 1 fully saturated rings. The second kappa shape index (κ2) is 5.37. The fraction of sp³-hybridized carbons (Fsp3) is 0.357. The molecule has 1 aromatic carbocycles. The summed E-state index contributed by atoms with van der Waals surface area (Å²) in [5, 5.41) is 11.4. The van der Waals surface area contributed by atoms with E-state index in [1.807, 2.05) is 6.07 Å². The number of amides is 1. The molecular weight excluding hydrogens is 266 g/mol. The molecule has 0 aromatic heterocycles. The molecule has 20 heavy (non-hydrogen) atoms. The first kappa shape index (κ1) is 14.1. The van der Waals surface area contributed by atoms with Crippen molar-refractivity contribution in [1.82, 2.24) is 5.32 Å². The quantitative estimate of drug-likeness (QED) is 0.838. The summed E-state index contributed by atoms with van der Waals surface area (Å²) >= 11 is 0. The third-order valence-electron chi connectivity index (χ3n) is 3.16. The minimum absolute atomic E-state index is 0.0260. The number of carbonyl (C=O) groups is 2. The topological polar surface area (TPSA) is 70.0 Å². The van der Waals surface area contributed by atoms with E-state index in [9.17, 15) is 18.4 Å². The fourth-order valence-electron chi connectivity index (χ4n) is 1.76. The van der Waals surface area contributed by atoms with Gasteiger partial charge in [-0.15, -0.1) is 0 Å². The first-order valence-electron chi connectivity index (χ1n) is 6.16. The van der Waals surface area contributed by atoms with Crippen molar-refractivity contribution in [3.05, 3.63) is 35.4 Å². The summed E-state index contributed by atoms with van der Waals surface area (Å²) in [4.78, 5) is 23.3. The lowest BCUT2D eigenvalue weighted by Crippen LogP contribution is -2.35. The fourth-order valence-corrected chi connectivity index (χ4v) is 1.76. The first-order chi connectivity index (χ1) is 9.46. The minimum atomic E-state index is -1.10. The predicted molar refractivity (Wildman–Crippen MR) is 65.6 cm³/mol. The number of ketones is 1. The number of carbonyl (C=O) groups excluding carboxylic acids is 2. The number of hydrogen-bond donors (Lipinski definition) is 1. The lowest BCUT2D eigenvalue weighted by Gasteiger charge is -2.08. The second-order valence-corrected chi connectivity index (χ2v) is 4.79. The molecule has 0 saturated heterocycles. The van der Waals surface area contributed by atoms with Gasteiger partial charge >= 0.3 is 0 Å². The highest BCUT2D eigenvalue weighted by Crippen LogP contribution is 2.34. The van der Waals surface area contributed by atoms with Crippen LogP contribution in [-0.2, 0) is 4.79 Å². The summed E-state index contributed by atoms with van der Waals surface area (Å²) in [7, 11) is 0. The Morgan fingerprint density at radius 1 is 1.25 bits per heavy atom. The molecule has 1 N–H and O–H groups in total. The Kier molecular flexibility index (Phi) is 3.79. The van der Waals surface area contributed by atoms with Crippen molar-refractivity contribution in [2.45, 2.75) is 31.2 Å². The number of benzene rings is 1. The molecule has 0 bridgehead atoms. The van der Waals surface area contributed by atoms with Gasteiger partial charge in [-0.3, -0.25) is 9.59 Å². The zero-order valence-corrected chi connectivity index (χ0v) is 10.6. The molecule has 6 heteroatoms. The van der Waals surface area contributed by atoms with Crippen LogP contribution in [0.3, 0.4) is 0 Å². The van der Waals surface area contributed by atoms with Crippen molar-refractivity contribution in [2.24, 2.45) is 0 Å². The third-order valence-corrected chi connectivity index (χ3v) is 3.16. The SMILES string of the molecule is N#CC1(NC(=O)CCC(=O)c2ccc(F)c(F)c2)CC1. The van der Waals surface area contributed by atoms with Crippen LogP contribution in [0.5, 0.6) is 0 Å². The average molecular weight is 278 g/mol. The standard InChI is InChI=1S/C14H12F2N2O2/c15-10-2-1-9(7-11(10)16)12(19)3-4-13(20)18-14(8-17)5-6-14/h1-2,7H,3-6H2,(H,18,20). The summed E-state index contributed by atoms with van der Waals surface area (Å²) in [5.74, 6) is -2.95. The number of nitrogens with zero attached hydrogens (tertiary/aromatic N) is 1. The Balaban J connectivity index is 1.87. The molecule has 0 spiro atoms. The van der Waals surface area contributed by atoms with E-state index in [4.69, 9.17) is 5.26 Å². The van der Waals surface area contributed by atoms with E-state index in [0.29, 0.717) is 12.8 Å². The number of nitriles is 1. The highest BCUT2D eigenvalue weighted by molar-refractivity contribution is 5.98. The van der Waals surface area contributed by atoms with Crippen molar-refractivity contribution in [1.29, 1.82) is 5.26 Å². The molecule has 104 valence electrons. The number of hydrogen-bond acceptors (Lipinski definition) is 3. The van der Waals surface area contributed by atoms with Crippen LogP contribution in [-0.4, -0.2) is 17.2 Å². The number of halogens is 2. The van der Waals surface area contributed by atoms with E-state index in [0.717, 1.165) is 12.1 Å². The monoisotopic (exact) mass is 278 g/mol. The van der Waals surface area contributed by atoms with Gasteiger partial charge in [-0.1, -0.05) is 0 Å². The Morgan fingerprint density at radius 3 is 2.50 bits per heavy atom. The number of nitrogens with one attached hydrogen (secondary N) is 1. The van der Waals surface area contributed by atoms with Crippen LogP contribution in [0.2, 0.25) is 0 Å². The zero-order valence-electron chi connectivity index (χ0n) is 10.6. The van der Waals surface area contributed by atoms with Crippen molar-refractivity contribution in [3.63, 3.8) is 0 Å². The molecule has 0 unspecified atom stereocenters. The molecular formula is C14H12F2N2O2. The van der Waals surface area contributed by atoms with Crippen molar-refractivity contribution in [3.8, 4) is 6.07 Å². The summed E-state index contributed by atoms with van der Waals surface area (Å²) in [6.07, 6.45) is 1.04. The predicted octanol–water partition coefficient (Wildman–Crippen LogP) is 2.10. The Labute approximate surface area is 114 Å². The molecule has 1 saturated carbocycles. The lowest BCUT2D eigenvalue weighted by atomic mass is 10.1. The highest BCUT2D eigenvalue weighted by atomic mass is 19.2. The summed E-state index contributed by atoms with van der Waals surface area (Å²) in [6, 6.07) is 4.87. The van der Waals surface area contributed by atoms with Gasteiger partial charge in [-0.05, 0) is 31.0 Å². The van der Waals surface area contributed by atoms with Crippen LogP contribution >= 0.6 is 0 Å². The van der Waals surface area contributed by atoms with Crippen LogP contribution in [0.1, 0.15) is 36.0 Å². The Hall–Kier alpha value is -2.29. The van der Waals surface area contributed by atoms with Gasteiger partial charge < -0.3 is 5.32 Å².